The number of para-hydroxylation sites is 1. The molecule has 9 nitrogen and oxygen atoms in total. The number of non-ortho nitro benzene ring substituents is 1. The molecule has 34 heavy (non-hydrogen) atoms. The van der Waals surface area contributed by atoms with Crippen molar-refractivity contribution in [1.29, 1.82) is 5.26 Å². The maximum absolute atomic E-state index is 12.6. The summed E-state index contributed by atoms with van der Waals surface area (Å²) in [6.07, 6.45) is 1.32. The highest BCUT2D eigenvalue weighted by atomic mass is 16.6. The first-order valence-corrected chi connectivity index (χ1v) is 10.1. The van der Waals surface area contributed by atoms with E-state index in [0.29, 0.717) is 17.0 Å². The number of nitriles is 1. The predicted octanol–water partition coefficient (Wildman–Crippen LogP) is 4.47. The van der Waals surface area contributed by atoms with Crippen LogP contribution < -0.4 is 15.4 Å². The third-order valence-electron chi connectivity index (χ3n) is 4.59. The van der Waals surface area contributed by atoms with E-state index in [9.17, 15) is 25.0 Å². The van der Waals surface area contributed by atoms with Crippen LogP contribution in [-0.4, -0.2) is 23.3 Å². The van der Waals surface area contributed by atoms with Crippen molar-refractivity contribution in [3.05, 3.63) is 99.6 Å². The third kappa shape index (κ3) is 6.51. The lowest BCUT2D eigenvalue weighted by molar-refractivity contribution is -0.384. The summed E-state index contributed by atoms with van der Waals surface area (Å²) in [6.45, 7) is 1.67. The number of hydrogen-bond acceptors (Lipinski definition) is 6. The van der Waals surface area contributed by atoms with Gasteiger partial charge in [-0.25, -0.2) is 0 Å². The van der Waals surface area contributed by atoms with Crippen molar-refractivity contribution < 1.29 is 19.2 Å². The van der Waals surface area contributed by atoms with E-state index in [1.54, 1.807) is 36.4 Å². The molecule has 0 radical (unpaired) electrons. The number of rotatable bonds is 8. The molecule has 0 bridgehead atoms. The molecule has 0 aliphatic heterocycles. The molecule has 3 rings (SSSR count). The Morgan fingerprint density at radius 3 is 2.47 bits per heavy atom. The summed E-state index contributed by atoms with van der Waals surface area (Å²) in [6, 6.07) is 21.1. The zero-order chi connectivity index (χ0) is 24.5. The number of anilines is 2. The number of nitrogens with zero attached hydrogens (tertiary/aromatic N) is 2. The molecule has 0 heterocycles. The maximum atomic E-state index is 12.6. The second-order valence-corrected chi connectivity index (χ2v) is 7.17. The minimum atomic E-state index is -0.741. The van der Waals surface area contributed by atoms with E-state index in [1.807, 2.05) is 25.1 Å². The molecule has 9 heteroatoms. The van der Waals surface area contributed by atoms with Crippen molar-refractivity contribution >= 4 is 35.0 Å². The number of carbonyl (C=O) groups excluding carboxylic acids is 2. The van der Waals surface area contributed by atoms with Gasteiger partial charge in [0.25, 0.3) is 17.5 Å². The molecular formula is C25H20N4O5. The Morgan fingerprint density at radius 1 is 1.03 bits per heavy atom. The van der Waals surface area contributed by atoms with Gasteiger partial charge in [0.05, 0.1) is 4.92 Å². The van der Waals surface area contributed by atoms with E-state index in [-0.39, 0.29) is 29.5 Å². The van der Waals surface area contributed by atoms with Crippen LogP contribution in [0, 0.1) is 28.4 Å². The molecule has 0 unspecified atom stereocenters. The molecule has 0 aliphatic carbocycles. The van der Waals surface area contributed by atoms with Gasteiger partial charge in [-0.05, 0) is 37.3 Å². The van der Waals surface area contributed by atoms with Gasteiger partial charge in [-0.2, -0.15) is 5.26 Å². The Hall–Kier alpha value is -4.97. The summed E-state index contributed by atoms with van der Waals surface area (Å²) >= 11 is 0. The summed E-state index contributed by atoms with van der Waals surface area (Å²) in [7, 11) is 0. The molecule has 170 valence electrons. The molecule has 2 N–H and O–H groups in total. The summed E-state index contributed by atoms with van der Waals surface area (Å²) in [5.41, 5.74) is 1.86. The Morgan fingerprint density at radius 2 is 1.76 bits per heavy atom. The highest BCUT2D eigenvalue weighted by Gasteiger charge is 2.14. The minimum Gasteiger partial charge on any atom is -0.483 e. The topological polar surface area (TPSA) is 134 Å². The van der Waals surface area contributed by atoms with Crippen LogP contribution >= 0.6 is 0 Å². The Kier molecular flexibility index (Phi) is 7.71. The molecule has 3 aromatic rings. The number of nitro benzene ring substituents is 1. The van der Waals surface area contributed by atoms with Crippen LogP contribution in [0.25, 0.3) is 6.08 Å². The first-order valence-electron chi connectivity index (χ1n) is 10.1. The predicted molar refractivity (Wildman–Crippen MR) is 127 cm³/mol. The molecule has 0 spiro atoms. The van der Waals surface area contributed by atoms with Crippen molar-refractivity contribution in [2.24, 2.45) is 0 Å². The molecule has 0 aromatic heterocycles. The number of hydrogen-bond donors (Lipinski definition) is 2. The Labute approximate surface area is 195 Å². The zero-order valence-electron chi connectivity index (χ0n) is 18.1. The second-order valence-electron chi connectivity index (χ2n) is 7.17. The summed E-state index contributed by atoms with van der Waals surface area (Å²) in [5, 5.41) is 25.6. The summed E-state index contributed by atoms with van der Waals surface area (Å²) < 4.78 is 5.61. The zero-order valence-corrected chi connectivity index (χ0v) is 18.1. The van der Waals surface area contributed by atoms with Gasteiger partial charge in [0.1, 0.15) is 17.4 Å². The molecule has 3 aromatic carbocycles. The van der Waals surface area contributed by atoms with Crippen LogP contribution in [-0.2, 0) is 9.59 Å². The second kappa shape index (κ2) is 11.1. The van der Waals surface area contributed by atoms with Crippen molar-refractivity contribution in [2.45, 2.75) is 6.92 Å². The number of nitro groups is 1. The first-order chi connectivity index (χ1) is 16.4. The van der Waals surface area contributed by atoms with Crippen LogP contribution in [0.4, 0.5) is 17.1 Å². The van der Waals surface area contributed by atoms with Gasteiger partial charge in [-0.15, -0.1) is 0 Å². The lowest BCUT2D eigenvalue weighted by Crippen LogP contribution is -2.20. The number of carbonyl (C=O) groups is 2. The fourth-order valence-electron chi connectivity index (χ4n) is 2.91. The monoisotopic (exact) mass is 456 g/mol. The summed E-state index contributed by atoms with van der Waals surface area (Å²) in [5.74, 6) is -0.807. The van der Waals surface area contributed by atoms with Crippen molar-refractivity contribution in [3.63, 3.8) is 0 Å². The van der Waals surface area contributed by atoms with Crippen LogP contribution in [0.3, 0.4) is 0 Å². The van der Waals surface area contributed by atoms with Gasteiger partial charge in [0.2, 0.25) is 0 Å². The average molecular weight is 456 g/mol. The number of benzene rings is 3. The van der Waals surface area contributed by atoms with E-state index in [1.165, 1.54) is 30.3 Å². The van der Waals surface area contributed by atoms with E-state index in [2.05, 4.69) is 10.6 Å². The van der Waals surface area contributed by atoms with Crippen molar-refractivity contribution in [2.75, 3.05) is 17.2 Å². The maximum Gasteiger partial charge on any atom is 0.271 e. The Balaban J connectivity index is 1.70. The van der Waals surface area contributed by atoms with E-state index < -0.39 is 10.8 Å². The SMILES string of the molecule is Cc1ccc(NC(=O)COc2ccccc2/C=C(\C#N)C(=O)Nc2cccc([N+](=O)[O-])c2)cc1. The normalized spacial score (nSPS) is 10.6. The number of nitrogens with one attached hydrogen (secondary N) is 2. The van der Waals surface area contributed by atoms with Crippen LogP contribution in [0.5, 0.6) is 5.75 Å². The molecule has 0 atom stereocenters. The van der Waals surface area contributed by atoms with E-state index in [0.717, 1.165) is 5.56 Å². The third-order valence-corrected chi connectivity index (χ3v) is 4.59. The van der Waals surface area contributed by atoms with Gasteiger partial charge in [-0.3, -0.25) is 19.7 Å². The molecule has 0 saturated heterocycles. The van der Waals surface area contributed by atoms with Crippen molar-refractivity contribution in [1.82, 2.24) is 0 Å². The molecule has 0 aliphatic rings. The standard InChI is InChI=1S/C25H20N4O5/c1-17-9-11-20(12-10-17)27-24(30)16-34-23-8-3-2-5-18(23)13-19(15-26)25(31)28-21-6-4-7-22(14-21)29(32)33/h2-14H,16H2,1H3,(H,27,30)(H,28,31)/b19-13+. The number of ether oxygens (including phenoxy) is 1. The van der Waals surface area contributed by atoms with Crippen LogP contribution in [0.1, 0.15) is 11.1 Å². The van der Waals surface area contributed by atoms with Gasteiger partial charge in [0, 0.05) is 29.1 Å². The largest absolute Gasteiger partial charge is 0.483 e. The first kappa shape index (κ1) is 23.7. The van der Waals surface area contributed by atoms with Gasteiger partial charge in [0.15, 0.2) is 6.61 Å². The lowest BCUT2D eigenvalue weighted by atomic mass is 10.1. The van der Waals surface area contributed by atoms with Crippen LogP contribution in [0.15, 0.2) is 78.4 Å². The minimum absolute atomic E-state index is 0.178. The average Bonchev–Trinajstić information content (AvgIpc) is 2.83. The molecule has 0 fully saturated rings. The fourth-order valence-corrected chi connectivity index (χ4v) is 2.91. The smallest absolute Gasteiger partial charge is 0.271 e. The lowest BCUT2D eigenvalue weighted by Gasteiger charge is -2.10. The van der Waals surface area contributed by atoms with Gasteiger partial charge < -0.3 is 15.4 Å². The number of amides is 2. The highest BCUT2D eigenvalue weighted by Crippen LogP contribution is 2.22. The number of aryl methyl sites for hydroxylation is 1. The molecule has 0 saturated carbocycles. The quantitative estimate of drug-likeness (QED) is 0.222. The fraction of sp³-hybridized carbons (Fsp3) is 0.0800. The van der Waals surface area contributed by atoms with Crippen LogP contribution in [0.2, 0.25) is 0 Å². The Bertz CT molecular complexity index is 1290. The van der Waals surface area contributed by atoms with E-state index in [4.69, 9.17) is 4.74 Å². The molecule has 2 amide bonds. The summed E-state index contributed by atoms with van der Waals surface area (Å²) in [4.78, 5) is 35.1. The molecular weight excluding hydrogens is 436 g/mol. The highest BCUT2D eigenvalue weighted by molar-refractivity contribution is 6.10. The van der Waals surface area contributed by atoms with E-state index >= 15 is 0 Å². The van der Waals surface area contributed by atoms with Gasteiger partial charge >= 0.3 is 0 Å². The van der Waals surface area contributed by atoms with Gasteiger partial charge in [-0.1, -0.05) is 42.0 Å². The van der Waals surface area contributed by atoms with Crippen molar-refractivity contribution in [3.8, 4) is 11.8 Å².